The van der Waals surface area contributed by atoms with E-state index in [4.69, 9.17) is 58.3 Å². The molecule has 1 saturated heterocycles. The number of carboxylic acid groups (broad SMARTS) is 1. The number of nitrogens with two attached hydrogens (primary N) is 1. The quantitative estimate of drug-likeness (QED) is 0.0256. The van der Waals surface area contributed by atoms with E-state index in [9.17, 15) is 38.9 Å². The standard InChI is InChI=1S/C15H21BO4.C10H12BNO5.C9H12BNO4.C9H9BrO2.C7H4BrFO.C2H4O2/c1-6-18-12-8-7-11(10-17)13(9-12)16-19-14(2,3)15(4,5)20-16;1-2-16-7-3-4-8-9(5-7)11(13)17-10(8)6-12(14)15;11-4-9-7-2-1-6(14-5-12)3-8(7)10(13)15-9;1-2-12-8-4-3-7(6-11)9(10)5-8;8-7-3-6(9)2-1-5(7)4-10;1-2(3)4/h7-10H,6H2,1-5H3;3-5,10,13H,2,6H2,1H3;1-3,9,12-13H,4-5,11H2;3-6H,2H2,1H3;1-4H;1H3,(H,3,4). The lowest BCUT2D eigenvalue weighted by Crippen LogP contribution is -2.41. The van der Waals surface area contributed by atoms with Gasteiger partial charge in [0, 0.05) is 44.0 Å². The van der Waals surface area contributed by atoms with Gasteiger partial charge in [0.1, 0.15) is 41.2 Å². The van der Waals surface area contributed by atoms with Crippen LogP contribution in [-0.4, -0.2) is 122 Å². The molecule has 3 aliphatic heterocycles. The second-order valence-corrected chi connectivity index (χ2v) is 19.2. The third-order valence-electron chi connectivity index (χ3n) is 11.5. The van der Waals surface area contributed by atoms with Crippen molar-refractivity contribution in [2.24, 2.45) is 5.73 Å². The number of hydrogen-bond acceptors (Lipinski definition) is 18. The van der Waals surface area contributed by atoms with Crippen molar-refractivity contribution in [2.45, 2.75) is 78.8 Å². The highest BCUT2D eigenvalue weighted by atomic mass is 79.9. The van der Waals surface area contributed by atoms with Crippen LogP contribution in [0.2, 0.25) is 0 Å². The minimum atomic E-state index is -1.12. The molecule has 20 nitrogen and oxygen atoms in total. The summed E-state index contributed by atoms with van der Waals surface area (Å²) >= 11 is 6.30. The van der Waals surface area contributed by atoms with Crippen LogP contribution >= 0.6 is 31.9 Å². The number of aliphatic carboxylic acids is 1. The molecule has 5 aromatic rings. The number of aliphatic hydroxyl groups is 1. The summed E-state index contributed by atoms with van der Waals surface area (Å²) in [5, 5.41) is 45.7. The van der Waals surface area contributed by atoms with Crippen LogP contribution in [-0.2, 0) is 23.4 Å². The van der Waals surface area contributed by atoms with Crippen molar-refractivity contribution >= 4 is 94.4 Å². The van der Waals surface area contributed by atoms with Crippen LogP contribution in [0.3, 0.4) is 0 Å². The average Bonchev–Trinajstić information content (AvgIpc) is 3.97. The van der Waals surface area contributed by atoms with Crippen molar-refractivity contribution in [3.8, 4) is 23.0 Å². The van der Waals surface area contributed by atoms with E-state index in [0.717, 1.165) is 35.3 Å². The van der Waals surface area contributed by atoms with Gasteiger partial charge in [0.05, 0.1) is 37.1 Å². The summed E-state index contributed by atoms with van der Waals surface area (Å²) in [7, 11) is -2.63. The number of aldehydes is 3. The Morgan fingerprint density at radius 2 is 1.06 bits per heavy atom. The molecule has 2 unspecified atom stereocenters. The number of carbonyl (C=O) groups excluding carboxylic acids is 3. The maximum absolute atomic E-state index is 12.3. The van der Waals surface area contributed by atoms with Gasteiger partial charge in [0.2, 0.25) is 6.54 Å². The number of carboxylic acids is 1. The van der Waals surface area contributed by atoms with E-state index < -0.39 is 56.3 Å². The van der Waals surface area contributed by atoms with Crippen molar-refractivity contribution in [1.29, 1.82) is 0 Å². The molecule has 2 atom stereocenters. The summed E-state index contributed by atoms with van der Waals surface area (Å²) in [4.78, 5) is 50.8. The van der Waals surface area contributed by atoms with Crippen LogP contribution in [0.5, 0.6) is 23.0 Å². The molecule has 0 spiro atoms. The SMILES string of the molecule is CC(=O)O.CCOc1ccc(C=O)c(B2OC(C)(C)C(C)(C)O2)c1.CCOc1ccc(C=O)c(Br)c1.CCOc1ccc2c(c1)B(O)OC2C[N+](=O)[O-].NCC1OB(O)c2cc(OCO)ccc21.O=Cc1ccc(F)cc1Br. The molecule has 418 valence electrons. The van der Waals surface area contributed by atoms with Gasteiger partial charge in [0.15, 0.2) is 19.4 Å². The fourth-order valence-corrected chi connectivity index (χ4v) is 8.05. The first-order chi connectivity index (χ1) is 36.9. The largest absolute Gasteiger partial charge is 0.495 e. The van der Waals surface area contributed by atoms with E-state index >= 15 is 0 Å². The van der Waals surface area contributed by atoms with E-state index in [1.807, 2.05) is 54.5 Å². The predicted octanol–water partition coefficient (Wildman–Crippen LogP) is 6.20. The second kappa shape index (κ2) is 32.1. The molecule has 6 N–H and O–H groups in total. The van der Waals surface area contributed by atoms with Crippen molar-refractivity contribution < 1.29 is 86.3 Å². The highest BCUT2D eigenvalue weighted by Crippen LogP contribution is 2.37. The molecule has 0 aliphatic carbocycles. The minimum Gasteiger partial charge on any atom is -0.494 e. The van der Waals surface area contributed by atoms with Gasteiger partial charge in [-0.25, -0.2) is 4.39 Å². The highest BCUT2D eigenvalue weighted by Gasteiger charge is 2.52. The van der Waals surface area contributed by atoms with E-state index in [-0.39, 0.29) is 18.5 Å². The summed E-state index contributed by atoms with van der Waals surface area (Å²) < 4.78 is 56.9. The second-order valence-electron chi connectivity index (χ2n) is 17.5. The van der Waals surface area contributed by atoms with Crippen molar-refractivity contribution in [2.75, 3.05) is 39.7 Å². The van der Waals surface area contributed by atoms with E-state index in [1.54, 1.807) is 66.7 Å². The zero-order chi connectivity index (χ0) is 58.3. The molecule has 0 radical (unpaired) electrons. The predicted molar refractivity (Wildman–Crippen MR) is 298 cm³/mol. The van der Waals surface area contributed by atoms with Gasteiger partial charge in [-0.15, -0.1) is 0 Å². The van der Waals surface area contributed by atoms with Crippen molar-refractivity contribution in [1.82, 2.24) is 0 Å². The fourth-order valence-electron chi connectivity index (χ4n) is 7.15. The number of hydrogen-bond donors (Lipinski definition) is 5. The van der Waals surface area contributed by atoms with Crippen molar-refractivity contribution in [3.63, 3.8) is 0 Å². The van der Waals surface area contributed by atoms with E-state index in [1.165, 1.54) is 18.2 Å². The van der Waals surface area contributed by atoms with Gasteiger partial charge in [-0.1, -0.05) is 12.1 Å². The van der Waals surface area contributed by atoms with E-state index in [2.05, 4.69) is 31.9 Å². The summed E-state index contributed by atoms with van der Waals surface area (Å²) in [6.07, 6.45) is 1.34. The Bertz CT molecular complexity index is 2780. The van der Waals surface area contributed by atoms with E-state index in [0.29, 0.717) is 93.0 Å². The zero-order valence-corrected chi connectivity index (χ0v) is 47.4. The summed E-state index contributed by atoms with van der Waals surface area (Å²) in [5.74, 6) is 1.42. The first-order valence-electron chi connectivity index (χ1n) is 24.1. The maximum atomic E-state index is 12.3. The van der Waals surface area contributed by atoms with Crippen LogP contribution in [0.1, 0.15) is 110 Å². The number of ether oxygens (including phenoxy) is 4. The molecule has 0 saturated carbocycles. The molecule has 78 heavy (non-hydrogen) atoms. The minimum absolute atomic E-state index is 0.266. The molecule has 0 aromatic heterocycles. The van der Waals surface area contributed by atoms with Gasteiger partial charge in [-0.3, -0.25) is 29.3 Å². The normalized spacial score (nSPS) is 15.7. The third kappa shape index (κ3) is 19.7. The summed E-state index contributed by atoms with van der Waals surface area (Å²) in [6, 6.07) is 24.7. The lowest BCUT2D eigenvalue weighted by molar-refractivity contribution is -0.490. The molecule has 5 aromatic carbocycles. The Morgan fingerprint density at radius 1 is 0.679 bits per heavy atom. The van der Waals surface area contributed by atoms with Gasteiger partial charge in [-0.2, -0.15) is 0 Å². The maximum Gasteiger partial charge on any atom is 0.495 e. The fraction of sp³-hybridized carbons (Fsp3) is 0.346. The Hall–Kier alpha value is -6.06. The third-order valence-corrected chi connectivity index (χ3v) is 12.9. The Kier molecular flexibility index (Phi) is 27.3. The molecular formula is C52H62B3Br2FN2O18. The monoisotopic (exact) mass is 1210 g/mol. The number of halogens is 3. The van der Waals surface area contributed by atoms with Gasteiger partial charge < -0.3 is 63.6 Å². The van der Waals surface area contributed by atoms with Crippen LogP contribution in [0, 0.1) is 15.9 Å². The first kappa shape index (κ1) is 66.2. The number of nitrogens with zero attached hydrogens (tertiary/aromatic N) is 1. The van der Waals surface area contributed by atoms with Crippen LogP contribution in [0.15, 0.2) is 99.9 Å². The molecule has 0 amide bonds. The molecular weight excluding hydrogens is 1150 g/mol. The molecule has 0 bridgehead atoms. The first-order valence-corrected chi connectivity index (χ1v) is 25.7. The Labute approximate surface area is 469 Å². The number of aliphatic hydroxyl groups excluding tert-OH is 1. The summed E-state index contributed by atoms with van der Waals surface area (Å²) in [6.45, 7) is 16.0. The van der Waals surface area contributed by atoms with Gasteiger partial charge in [0.25, 0.3) is 5.97 Å². The average molecular weight is 1210 g/mol. The highest BCUT2D eigenvalue weighted by molar-refractivity contribution is 9.10. The summed E-state index contributed by atoms with van der Waals surface area (Å²) in [5.41, 5.74) is 9.72. The smallest absolute Gasteiger partial charge is 0.494 e. The molecule has 8 rings (SSSR count). The van der Waals surface area contributed by atoms with Crippen LogP contribution in [0.25, 0.3) is 0 Å². The lowest BCUT2D eigenvalue weighted by Gasteiger charge is -2.32. The molecule has 3 aliphatic rings. The topological polar surface area (TPSA) is 292 Å². The number of fused-ring (bicyclic) bond motifs is 2. The van der Waals surface area contributed by atoms with Crippen LogP contribution < -0.4 is 41.1 Å². The number of benzene rings is 5. The molecule has 1 fully saturated rings. The molecule has 26 heteroatoms. The molecule has 3 heterocycles. The van der Waals surface area contributed by atoms with Crippen molar-refractivity contribution in [3.05, 3.63) is 144 Å². The Morgan fingerprint density at radius 3 is 1.47 bits per heavy atom. The Balaban J connectivity index is 0.000000256. The number of carbonyl (C=O) groups is 4. The van der Waals surface area contributed by atoms with Gasteiger partial charge in [-0.05, 0) is 187 Å². The number of rotatable bonds is 15. The number of nitro groups is 1. The van der Waals surface area contributed by atoms with Gasteiger partial charge >= 0.3 is 21.4 Å². The zero-order valence-electron chi connectivity index (χ0n) is 44.2. The van der Waals surface area contributed by atoms with Crippen LogP contribution in [0.4, 0.5) is 4.39 Å². The lowest BCUT2D eigenvalue weighted by atomic mass is 9.76.